The van der Waals surface area contributed by atoms with Gasteiger partial charge in [-0.3, -0.25) is 5.41 Å². The third kappa shape index (κ3) is 2.37. The van der Waals surface area contributed by atoms with Gasteiger partial charge in [-0.2, -0.15) is 0 Å². The maximum Gasteiger partial charge on any atom is 0.188 e. The molecule has 1 atom stereocenters. The maximum atomic E-state index is 7.28. The van der Waals surface area contributed by atoms with E-state index in [1.807, 2.05) is 4.90 Å². The summed E-state index contributed by atoms with van der Waals surface area (Å²) in [6, 6.07) is 0. The zero-order chi connectivity index (χ0) is 8.97. The lowest BCUT2D eigenvalue weighted by Crippen LogP contribution is -2.43. The standard InChI is InChI=1S/C8H18N4/c9-4-3-7-2-1-5-12(6-7)8(10)11/h7H,1-6,9H2,(H3,10,11). The SMILES string of the molecule is N=C(N)N1CCCC(CCN)C1. The number of nitrogens with two attached hydrogens (primary N) is 2. The molecule has 1 fully saturated rings. The molecule has 0 aliphatic carbocycles. The highest BCUT2D eigenvalue weighted by Crippen LogP contribution is 2.18. The van der Waals surface area contributed by atoms with Crippen molar-refractivity contribution in [2.75, 3.05) is 19.6 Å². The van der Waals surface area contributed by atoms with Crippen LogP contribution in [0.25, 0.3) is 0 Å². The van der Waals surface area contributed by atoms with Crippen LogP contribution in [-0.4, -0.2) is 30.5 Å². The molecule has 4 nitrogen and oxygen atoms in total. The largest absolute Gasteiger partial charge is 0.370 e. The Morgan fingerprint density at radius 2 is 2.33 bits per heavy atom. The Morgan fingerprint density at radius 3 is 2.92 bits per heavy atom. The highest BCUT2D eigenvalue weighted by molar-refractivity contribution is 5.74. The van der Waals surface area contributed by atoms with E-state index in [1.165, 1.54) is 6.42 Å². The minimum atomic E-state index is 0.205. The van der Waals surface area contributed by atoms with Gasteiger partial charge < -0.3 is 16.4 Å². The molecule has 70 valence electrons. The summed E-state index contributed by atoms with van der Waals surface area (Å²) in [4.78, 5) is 1.93. The van der Waals surface area contributed by atoms with Crippen molar-refractivity contribution in [2.24, 2.45) is 17.4 Å². The van der Waals surface area contributed by atoms with Gasteiger partial charge in [0, 0.05) is 13.1 Å². The summed E-state index contributed by atoms with van der Waals surface area (Å²) >= 11 is 0. The smallest absolute Gasteiger partial charge is 0.188 e. The summed E-state index contributed by atoms with van der Waals surface area (Å²) in [6.45, 7) is 2.61. The Morgan fingerprint density at radius 1 is 1.58 bits per heavy atom. The summed E-state index contributed by atoms with van der Waals surface area (Å²) in [6.07, 6.45) is 3.44. The third-order valence-electron chi connectivity index (χ3n) is 2.43. The fraction of sp³-hybridized carbons (Fsp3) is 0.875. The fourth-order valence-electron chi connectivity index (χ4n) is 1.76. The summed E-state index contributed by atoms with van der Waals surface area (Å²) in [5, 5.41) is 7.28. The first kappa shape index (κ1) is 9.32. The Bertz CT molecular complexity index is 155. The van der Waals surface area contributed by atoms with Gasteiger partial charge in [0.1, 0.15) is 0 Å². The Hall–Kier alpha value is -0.770. The van der Waals surface area contributed by atoms with E-state index >= 15 is 0 Å². The van der Waals surface area contributed by atoms with Crippen molar-refractivity contribution in [2.45, 2.75) is 19.3 Å². The van der Waals surface area contributed by atoms with E-state index in [4.69, 9.17) is 16.9 Å². The first-order valence-electron chi connectivity index (χ1n) is 4.53. The number of likely N-dealkylation sites (tertiary alicyclic amines) is 1. The molecular weight excluding hydrogens is 152 g/mol. The lowest BCUT2D eigenvalue weighted by molar-refractivity contribution is 0.247. The van der Waals surface area contributed by atoms with Crippen LogP contribution < -0.4 is 11.5 Å². The second-order valence-corrected chi connectivity index (χ2v) is 3.42. The number of rotatable bonds is 2. The fourth-order valence-corrected chi connectivity index (χ4v) is 1.76. The van der Waals surface area contributed by atoms with E-state index in [2.05, 4.69) is 0 Å². The number of guanidine groups is 1. The molecule has 12 heavy (non-hydrogen) atoms. The molecule has 0 radical (unpaired) electrons. The van der Waals surface area contributed by atoms with Gasteiger partial charge in [-0.25, -0.2) is 0 Å². The molecule has 1 saturated heterocycles. The van der Waals surface area contributed by atoms with Crippen molar-refractivity contribution in [3.05, 3.63) is 0 Å². The summed E-state index contributed by atoms with van der Waals surface area (Å²) in [5.41, 5.74) is 10.9. The van der Waals surface area contributed by atoms with Gasteiger partial charge in [-0.15, -0.1) is 0 Å². The van der Waals surface area contributed by atoms with Crippen molar-refractivity contribution in [1.29, 1.82) is 5.41 Å². The lowest BCUT2D eigenvalue weighted by Gasteiger charge is -2.32. The minimum Gasteiger partial charge on any atom is -0.370 e. The van der Waals surface area contributed by atoms with Gasteiger partial charge in [0.25, 0.3) is 0 Å². The maximum absolute atomic E-state index is 7.28. The van der Waals surface area contributed by atoms with Crippen molar-refractivity contribution in [1.82, 2.24) is 4.90 Å². The Labute approximate surface area is 73.4 Å². The molecule has 4 heteroatoms. The summed E-state index contributed by atoms with van der Waals surface area (Å²) < 4.78 is 0. The highest BCUT2D eigenvalue weighted by Gasteiger charge is 2.19. The van der Waals surface area contributed by atoms with Gasteiger partial charge >= 0.3 is 0 Å². The van der Waals surface area contributed by atoms with Crippen molar-refractivity contribution < 1.29 is 0 Å². The second kappa shape index (κ2) is 4.30. The zero-order valence-corrected chi connectivity index (χ0v) is 7.42. The monoisotopic (exact) mass is 170 g/mol. The van der Waals surface area contributed by atoms with Crippen molar-refractivity contribution in [3.63, 3.8) is 0 Å². The molecule has 0 spiro atoms. The minimum absolute atomic E-state index is 0.205. The molecule has 0 aromatic carbocycles. The normalized spacial score (nSPS) is 24.1. The number of hydrogen-bond donors (Lipinski definition) is 3. The molecule has 0 saturated carbocycles. The van der Waals surface area contributed by atoms with Crippen LogP contribution in [0.3, 0.4) is 0 Å². The molecule has 1 aliphatic rings. The topological polar surface area (TPSA) is 79.1 Å². The summed E-state index contributed by atoms with van der Waals surface area (Å²) in [5.74, 6) is 0.851. The van der Waals surface area contributed by atoms with E-state index in [-0.39, 0.29) is 5.96 Å². The molecule has 1 rings (SSSR count). The van der Waals surface area contributed by atoms with Gasteiger partial charge in [0.15, 0.2) is 5.96 Å². The quantitative estimate of drug-likeness (QED) is 0.401. The predicted molar refractivity (Wildman–Crippen MR) is 49.9 cm³/mol. The van der Waals surface area contributed by atoms with Gasteiger partial charge in [0.2, 0.25) is 0 Å². The summed E-state index contributed by atoms with van der Waals surface area (Å²) in [7, 11) is 0. The van der Waals surface area contributed by atoms with Crippen LogP contribution in [0.15, 0.2) is 0 Å². The molecule has 0 aromatic heterocycles. The first-order valence-corrected chi connectivity index (χ1v) is 4.53. The third-order valence-corrected chi connectivity index (χ3v) is 2.43. The van der Waals surface area contributed by atoms with Crippen LogP contribution in [0.2, 0.25) is 0 Å². The van der Waals surface area contributed by atoms with Gasteiger partial charge in [-0.05, 0) is 31.7 Å². The van der Waals surface area contributed by atoms with Crippen LogP contribution in [0, 0.1) is 11.3 Å². The van der Waals surface area contributed by atoms with E-state index in [9.17, 15) is 0 Å². The molecule has 0 bridgehead atoms. The number of hydrogen-bond acceptors (Lipinski definition) is 2. The second-order valence-electron chi connectivity index (χ2n) is 3.42. The van der Waals surface area contributed by atoms with E-state index in [1.54, 1.807) is 0 Å². The van der Waals surface area contributed by atoms with E-state index in [0.29, 0.717) is 5.92 Å². The lowest BCUT2D eigenvalue weighted by atomic mass is 9.95. The van der Waals surface area contributed by atoms with Crippen LogP contribution in [-0.2, 0) is 0 Å². The Kier molecular flexibility index (Phi) is 3.34. The molecule has 1 heterocycles. The molecule has 1 unspecified atom stereocenters. The average Bonchev–Trinajstić information content (AvgIpc) is 2.05. The van der Waals surface area contributed by atoms with Gasteiger partial charge in [-0.1, -0.05) is 0 Å². The number of nitrogens with one attached hydrogen (secondary N) is 1. The molecular formula is C8H18N4. The average molecular weight is 170 g/mol. The highest BCUT2D eigenvalue weighted by atomic mass is 15.2. The zero-order valence-electron chi connectivity index (χ0n) is 7.42. The van der Waals surface area contributed by atoms with Crippen molar-refractivity contribution >= 4 is 5.96 Å². The first-order chi connectivity index (χ1) is 5.74. The Balaban J connectivity index is 2.35. The molecule has 5 N–H and O–H groups in total. The molecule has 1 aliphatic heterocycles. The van der Waals surface area contributed by atoms with Crippen molar-refractivity contribution in [3.8, 4) is 0 Å². The van der Waals surface area contributed by atoms with Gasteiger partial charge in [0.05, 0.1) is 0 Å². The van der Waals surface area contributed by atoms with Crippen LogP contribution in [0.5, 0.6) is 0 Å². The molecule has 0 aromatic rings. The van der Waals surface area contributed by atoms with Crippen LogP contribution in [0.1, 0.15) is 19.3 Å². The predicted octanol–water partition coefficient (Wildman–Crippen LogP) is -0.0593. The van der Waals surface area contributed by atoms with Crippen LogP contribution in [0.4, 0.5) is 0 Å². The van der Waals surface area contributed by atoms with E-state index < -0.39 is 0 Å². The number of nitrogens with zero attached hydrogens (tertiary/aromatic N) is 1. The van der Waals surface area contributed by atoms with E-state index in [0.717, 1.165) is 32.5 Å². The number of piperidine rings is 1. The molecule has 0 amide bonds. The van der Waals surface area contributed by atoms with Crippen LogP contribution >= 0.6 is 0 Å².